The minimum atomic E-state index is -0.356. The number of hydrogen-bond donors (Lipinski definition) is 3. The molecular weight excluding hydrogens is 529 g/mol. The zero-order valence-corrected chi connectivity index (χ0v) is 24.0. The summed E-state index contributed by atoms with van der Waals surface area (Å²) in [4.78, 5) is 23.1. The van der Waals surface area contributed by atoms with E-state index in [9.17, 15) is 4.79 Å². The van der Waals surface area contributed by atoms with Crippen molar-refractivity contribution in [3.63, 3.8) is 0 Å². The number of aromatic amines is 1. The highest BCUT2D eigenvalue weighted by Gasteiger charge is 2.47. The molecule has 2 amide bonds. The molecular formula is C31H39ClFN5O2. The molecule has 5 aliphatic rings. The molecule has 2 bridgehead atoms. The molecule has 6 rings (SSSR count). The van der Waals surface area contributed by atoms with E-state index in [4.69, 9.17) is 21.3 Å². The van der Waals surface area contributed by atoms with Gasteiger partial charge >= 0.3 is 6.03 Å². The highest BCUT2D eigenvalue weighted by molar-refractivity contribution is 6.34. The monoisotopic (exact) mass is 567 g/mol. The van der Waals surface area contributed by atoms with Gasteiger partial charge in [0.2, 0.25) is 0 Å². The quantitative estimate of drug-likeness (QED) is 0.502. The lowest BCUT2D eigenvalue weighted by molar-refractivity contribution is 0.0517. The fourth-order valence-corrected chi connectivity index (χ4v) is 7.33. The first-order chi connectivity index (χ1) is 19.4. The molecule has 3 fully saturated rings. The fourth-order valence-electron chi connectivity index (χ4n) is 7.01. The summed E-state index contributed by atoms with van der Waals surface area (Å²) < 4.78 is 20.9. The van der Waals surface area contributed by atoms with Gasteiger partial charge in [-0.05, 0) is 62.0 Å². The number of carbonyl (C=O) groups is 1. The van der Waals surface area contributed by atoms with E-state index in [1.807, 2.05) is 23.2 Å². The Morgan fingerprint density at radius 2 is 2.05 bits per heavy atom. The van der Waals surface area contributed by atoms with Gasteiger partial charge in [-0.1, -0.05) is 43.7 Å². The van der Waals surface area contributed by atoms with Crippen LogP contribution in [0.4, 0.5) is 9.18 Å². The number of H-pyrrole nitrogens is 1. The Kier molecular flexibility index (Phi) is 7.91. The summed E-state index contributed by atoms with van der Waals surface area (Å²) in [6.45, 7) is 6.64. The Morgan fingerprint density at radius 1 is 1.25 bits per heavy atom. The van der Waals surface area contributed by atoms with Gasteiger partial charge in [0.05, 0.1) is 18.9 Å². The SMILES string of the molecule is CCC1C=CC(F)=C(NC2CC3CC(NC(=O)N4CCOCC4)C2C3)N=C1c1c[nH]c2/c1=C\C(Cl)=C/C(C)C\C=2. The average molecular weight is 568 g/mol. The summed E-state index contributed by atoms with van der Waals surface area (Å²) in [6.07, 6.45) is 16.3. The second-order valence-electron chi connectivity index (χ2n) is 11.9. The van der Waals surface area contributed by atoms with E-state index < -0.39 is 0 Å². The number of carbonyl (C=O) groups excluding carboxylic acids is 1. The van der Waals surface area contributed by atoms with Crippen molar-refractivity contribution in [3.8, 4) is 0 Å². The van der Waals surface area contributed by atoms with Gasteiger partial charge in [0, 0.05) is 58.5 Å². The number of aliphatic imine (C=N–C) groups is 1. The lowest BCUT2D eigenvalue weighted by atomic mass is 9.90. The Hall–Kier alpha value is -2.84. The maximum atomic E-state index is 15.5. The van der Waals surface area contributed by atoms with Gasteiger partial charge in [0.25, 0.3) is 0 Å². The van der Waals surface area contributed by atoms with Gasteiger partial charge in [-0.25, -0.2) is 14.2 Å². The van der Waals surface area contributed by atoms with Crippen molar-refractivity contribution in [2.24, 2.45) is 28.7 Å². The van der Waals surface area contributed by atoms with Crippen LogP contribution in [-0.4, -0.2) is 60.0 Å². The highest BCUT2D eigenvalue weighted by atomic mass is 35.5. The molecule has 6 unspecified atom stereocenters. The van der Waals surface area contributed by atoms with Crippen molar-refractivity contribution in [2.45, 2.75) is 58.0 Å². The molecule has 3 N–H and O–H groups in total. The van der Waals surface area contributed by atoms with Crippen LogP contribution in [0.2, 0.25) is 0 Å². The van der Waals surface area contributed by atoms with Crippen molar-refractivity contribution in [3.05, 3.63) is 57.2 Å². The summed E-state index contributed by atoms with van der Waals surface area (Å²) in [5, 5.41) is 9.48. The number of morpholine rings is 1. The number of nitrogens with zero attached hydrogens (tertiary/aromatic N) is 2. The summed E-state index contributed by atoms with van der Waals surface area (Å²) in [5.74, 6) is 0.988. The van der Waals surface area contributed by atoms with Crippen molar-refractivity contribution >= 4 is 35.5 Å². The zero-order valence-electron chi connectivity index (χ0n) is 23.3. The smallest absolute Gasteiger partial charge is 0.317 e. The number of ether oxygens (including phenoxy) is 1. The second-order valence-corrected chi connectivity index (χ2v) is 12.3. The number of fused-ring (bicyclic) bond motifs is 3. The molecule has 0 aromatic carbocycles. The minimum absolute atomic E-state index is 0.0207. The highest BCUT2D eigenvalue weighted by Crippen LogP contribution is 2.45. The number of halogens is 2. The molecule has 0 radical (unpaired) electrons. The molecule has 9 heteroatoms. The molecule has 214 valence electrons. The first-order valence-corrected chi connectivity index (χ1v) is 15.1. The summed E-state index contributed by atoms with van der Waals surface area (Å²) >= 11 is 6.59. The molecule has 3 aliphatic carbocycles. The van der Waals surface area contributed by atoms with Crippen LogP contribution in [0.5, 0.6) is 0 Å². The summed E-state index contributed by atoms with van der Waals surface area (Å²) in [7, 11) is 0. The molecule has 2 aliphatic heterocycles. The first kappa shape index (κ1) is 27.3. The van der Waals surface area contributed by atoms with E-state index in [1.165, 1.54) is 0 Å². The standard InChI is InChI=1S/C31H39ClFN5O2/c1-3-20-5-6-25(33)30(37-29(20)24-17-34-26-7-4-18(2)12-21(32)16-22(24)26)35-27-14-19-13-23(27)28(15-19)36-31(39)38-8-10-40-11-9-38/h5-7,12,16-20,23,27-28,34-35H,3-4,8-11,13-15H2,1-2H3,(H,36,39)/b21-12+,22-16-,26-7+. The molecule has 1 saturated heterocycles. The van der Waals surface area contributed by atoms with Crippen molar-refractivity contribution in [1.82, 2.24) is 20.5 Å². The maximum Gasteiger partial charge on any atom is 0.317 e. The Labute approximate surface area is 240 Å². The lowest BCUT2D eigenvalue weighted by Gasteiger charge is -2.34. The van der Waals surface area contributed by atoms with Crippen molar-refractivity contribution in [1.29, 1.82) is 0 Å². The third-order valence-corrected chi connectivity index (χ3v) is 9.35. The predicted molar refractivity (Wildman–Crippen MR) is 157 cm³/mol. The van der Waals surface area contributed by atoms with E-state index in [0.29, 0.717) is 43.2 Å². The van der Waals surface area contributed by atoms with Crippen LogP contribution in [0.1, 0.15) is 51.5 Å². The molecule has 3 heterocycles. The molecule has 6 atom stereocenters. The van der Waals surface area contributed by atoms with E-state index in [2.05, 4.69) is 41.6 Å². The zero-order chi connectivity index (χ0) is 27.8. The number of amides is 2. The van der Waals surface area contributed by atoms with Gasteiger partial charge in [0.1, 0.15) is 0 Å². The van der Waals surface area contributed by atoms with Gasteiger partial charge in [-0.2, -0.15) is 0 Å². The number of hydrogen-bond acceptors (Lipinski definition) is 4. The van der Waals surface area contributed by atoms with Gasteiger partial charge in [0.15, 0.2) is 11.6 Å². The minimum Gasteiger partial charge on any atom is -0.378 e. The molecule has 1 aromatic heterocycles. The molecule has 1 aromatic rings. The third-order valence-electron chi connectivity index (χ3n) is 9.12. The largest absolute Gasteiger partial charge is 0.378 e. The van der Waals surface area contributed by atoms with Crippen LogP contribution < -0.4 is 21.2 Å². The van der Waals surface area contributed by atoms with Crippen molar-refractivity contribution in [2.75, 3.05) is 26.3 Å². The van der Waals surface area contributed by atoms with Crippen LogP contribution in [0.15, 0.2) is 46.1 Å². The van der Waals surface area contributed by atoms with E-state index in [0.717, 1.165) is 53.9 Å². The molecule has 2 saturated carbocycles. The van der Waals surface area contributed by atoms with Crippen LogP contribution in [0.25, 0.3) is 12.2 Å². The number of aromatic nitrogens is 1. The predicted octanol–water partition coefficient (Wildman–Crippen LogP) is 4.06. The van der Waals surface area contributed by atoms with Crippen molar-refractivity contribution < 1.29 is 13.9 Å². The molecule has 40 heavy (non-hydrogen) atoms. The number of urea groups is 1. The van der Waals surface area contributed by atoms with E-state index in [-0.39, 0.29) is 41.6 Å². The second kappa shape index (κ2) is 11.6. The molecule has 0 spiro atoms. The lowest BCUT2D eigenvalue weighted by Crippen LogP contribution is -2.53. The van der Waals surface area contributed by atoms with Gasteiger partial charge < -0.3 is 25.3 Å². The first-order valence-electron chi connectivity index (χ1n) is 14.7. The van der Waals surface area contributed by atoms with Gasteiger partial charge in [-0.15, -0.1) is 0 Å². The van der Waals surface area contributed by atoms with Crippen LogP contribution in [-0.2, 0) is 4.74 Å². The Balaban J connectivity index is 1.26. The Morgan fingerprint density at radius 3 is 2.83 bits per heavy atom. The Bertz CT molecular complexity index is 1390. The third kappa shape index (κ3) is 5.53. The van der Waals surface area contributed by atoms with Gasteiger partial charge in [-0.3, -0.25) is 0 Å². The van der Waals surface area contributed by atoms with E-state index in [1.54, 1.807) is 6.08 Å². The average Bonchev–Trinajstić information content (AvgIpc) is 3.61. The molecule has 7 nitrogen and oxygen atoms in total. The maximum absolute atomic E-state index is 15.5. The van der Waals surface area contributed by atoms with Crippen LogP contribution >= 0.6 is 11.6 Å². The summed E-state index contributed by atoms with van der Waals surface area (Å²) in [6, 6.07) is 0.110. The topological polar surface area (TPSA) is 81.8 Å². The normalized spacial score (nSPS) is 34.8. The number of nitrogens with one attached hydrogen (secondary N) is 3. The van der Waals surface area contributed by atoms with E-state index >= 15 is 4.39 Å². The summed E-state index contributed by atoms with van der Waals surface area (Å²) in [5.41, 5.74) is 1.77. The number of allylic oxidation sites excluding steroid dienone is 5. The van der Waals surface area contributed by atoms with Crippen LogP contribution in [0, 0.1) is 23.7 Å². The van der Waals surface area contributed by atoms with Crippen LogP contribution in [0.3, 0.4) is 0 Å². The number of rotatable bonds is 5. The fraction of sp³-hybridized carbons (Fsp3) is 0.548.